The maximum atomic E-state index is 5.74. The molecule has 0 spiro atoms. The lowest BCUT2D eigenvalue weighted by Gasteiger charge is -2.20. The van der Waals surface area contributed by atoms with Crippen molar-refractivity contribution in [3.05, 3.63) is 35.9 Å². The Labute approximate surface area is 130 Å². The van der Waals surface area contributed by atoms with Gasteiger partial charge in [-0.25, -0.2) is 0 Å². The Kier molecular flexibility index (Phi) is 7.25. The Morgan fingerprint density at radius 1 is 1.19 bits per heavy atom. The third-order valence-corrected chi connectivity index (χ3v) is 4.32. The molecular weight excluding hydrogens is 258 g/mol. The van der Waals surface area contributed by atoms with Crippen molar-refractivity contribution in [1.82, 2.24) is 5.32 Å². The zero-order valence-corrected chi connectivity index (χ0v) is 13.7. The molecular formula is C19H31NO. The molecule has 1 fully saturated rings. The fourth-order valence-corrected chi connectivity index (χ4v) is 3.12. The lowest BCUT2D eigenvalue weighted by molar-refractivity contribution is 0.101. The molecule has 1 heterocycles. The molecule has 2 heteroatoms. The zero-order chi connectivity index (χ0) is 14.9. The molecule has 1 N–H and O–H groups in total. The largest absolute Gasteiger partial charge is 0.378 e. The Bertz CT molecular complexity index is 370. The van der Waals surface area contributed by atoms with Crippen molar-refractivity contribution in [2.45, 2.75) is 58.0 Å². The van der Waals surface area contributed by atoms with Crippen LogP contribution < -0.4 is 5.32 Å². The van der Waals surface area contributed by atoms with Gasteiger partial charge in [0.2, 0.25) is 0 Å². The first kappa shape index (κ1) is 16.5. The molecule has 0 aliphatic carbocycles. The summed E-state index contributed by atoms with van der Waals surface area (Å²) in [6.07, 6.45) is 6.81. The Morgan fingerprint density at radius 2 is 2.00 bits per heavy atom. The lowest BCUT2D eigenvalue weighted by atomic mass is 9.92. The number of ether oxygens (including phenoxy) is 1. The van der Waals surface area contributed by atoms with Crippen molar-refractivity contribution < 1.29 is 4.74 Å². The van der Waals surface area contributed by atoms with Gasteiger partial charge in [0.15, 0.2) is 0 Å². The molecule has 2 unspecified atom stereocenters. The molecule has 1 aromatic rings. The SMILES string of the molecule is CC(C)CNCC(CCCC1CCCO1)c1ccccc1. The molecule has 0 aromatic heterocycles. The molecule has 0 amide bonds. The monoisotopic (exact) mass is 289 g/mol. The first-order chi connectivity index (χ1) is 10.3. The molecule has 2 atom stereocenters. The standard InChI is InChI=1S/C19H31NO/c1-16(2)14-20-15-18(17-8-4-3-5-9-17)10-6-11-19-12-7-13-21-19/h3-5,8-9,16,18-20H,6-7,10-15H2,1-2H3. The van der Waals surface area contributed by atoms with Gasteiger partial charge in [-0.15, -0.1) is 0 Å². The maximum Gasteiger partial charge on any atom is 0.0576 e. The highest BCUT2D eigenvalue weighted by Gasteiger charge is 2.17. The summed E-state index contributed by atoms with van der Waals surface area (Å²) in [5, 5.41) is 3.63. The minimum absolute atomic E-state index is 0.532. The summed E-state index contributed by atoms with van der Waals surface area (Å²) < 4.78 is 5.74. The quantitative estimate of drug-likeness (QED) is 0.729. The first-order valence-corrected chi connectivity index (χ1v) is 8.63. The third-order valence-electron chi connectivity index (χ3n) is 4.32. The molecule has 21 heavy (non-hydrogen) atoms. The Morgan fingerprint density at radius 3 is 2.67 bits per heavy atom. The summed E-state index contributed by atoms with van der Waals surface area (Å²) in [6.45, 7) is 7.70. The van der Waals surface area contributed by atoms with Gasteiger partial charge in [-0.3, -0.25) is 0 Å². The van der Waals surface area contributed by atoms with Crippen molar-refractivity contribution in [3.8, 4) is 0 Å². The molecule has 0 bridgehead atoms. The second-order valence-electron chi connectivity index (χ2n) is 6.73. The first-order valence-electron chi connectivity index (χ1n) is 8.63. The molecule has 0 radical (unpaired) electrons. The van der Waals surface area contributed by atoms with Crippen molar-refractivity contribution in [1.29, 1.82) is 0 Å². The smallest absolute Gasteiger partial charge is 0.0576 e. The van der Waals surface area contributed by atoms with Crippen LogP contribution in [-0.2, 0) is 4.74 Å². The van der Waals surface area contributed by atoms with E-state index in [-0.39, 0.29) is 0 Å². The number of rotatable bonds is 9. The Hall–Kier alpha value is -0.860. The normalized spacial score (nSPS) is 20.0. The molecule has 1 saturated heterocycles. The number of hydrogen-bond acceptors (Lipinski definition) is 2. The van der Waals surface area contributed by atoms with Gasteiger partial charge in [-0.2, -0.15) is 0 Å². The van der Waals surface area contributed by atoms with Gasteiger partial charge in [-0.05, 0) is 49.6 Å². The second-order valence-corrected chi connectivity index (χ2v) is 6.73. The van der Waals surface area contributed by atoms with Crippen LogP contribution in [0.1, 0.15) is 57.4 Å². The van der Waals surface area contributed by atoms with Crippen LogP contribution >= 0.6 is 0 Å². The summed E-state index contributed by atoms with van der Waals surface area (Å²) in [4.78, 5) is 0. The minimum Gasteiger partial charge on any atom is -0.378 e. The summed E-state index contributed by atoms with van der Waals surface area (Å²) in [7, 11) is 0. The van der Waals surface area contributed by atoms with Gasteiger partial charge < -0.3 is 10.1 Å². The van der Waals surface area contributed by atoms with Crippen LogP contribution in [0.3, 0.4) is 0 Å². The van der Waals surface area contributed by atoms with E-state index in [1.54, 1.807) is 0 Å². The third kappa shape index (κ3) is 6.19. The molecule has 1 aromatic carbocycles. The van der Waals surface area contributed by atoms with Crippen LogP contribution in [-0.4, -0.2) is 25.8 Å². The van der Waals surface area contributed by atoms with Crippen LogP contribution in [0.4, 0.5) is 0 Å². The maximum absolute atomic E-state index is 5.74. The van der Waals surface area contributed by atoms with Crippen molar-refractivity contribution in [2.75, 3.05) is 19.7 Å². The molecule has 2 nitrogen and oxygen atoms in total. The number of hydrogen-bond donors (Lipinski definition) is 1. The van der Waals surface area contributed by atoms with Gasteiger partial charge >= 0.3 is 0 Å². The fourth-order valence-electron chi connectivity index (χ4n) is 3.12. The average Bonchev–Trinajstić information content (AvgIpc) is 2.99. The van der Waals surface area contributed by atoms with Crippen LogP contribution in [0.2, 0.25) is 0 Å². The van der Waals surface area contributed by atoms with Crippen LogP contribution in [0.15, 0.2) is 30.3 Å². The van der Waals surface area contributed by atoms with Gasteiger partial charge in [0.05, 0.1) is 6.10 Å². The molecule has 118 valence electrons. The van der Waals surface area contributed by atoms with Crippen molar-refractivity contribution in [2.24, 2.45) is 5.92 Å². The van der Waals surface area contributed by atoms with E-state index < -0.39 is 0 Å². The van der Waals surface area contributed by atoms with Crippen molar-refractivity contribution in [3.63, 3.8) is 0 Å². The van der Waals surface area contributed by atoms with E-state index >= 15 is 0 Å². The van der Waals surface area contributed by atoms with E-state index in [0.29, 0.717) is 17.9 Å². The summed E-state index contributed by atoms with van der Waals surface area (Å²) in [5.74, 6) is 1.35. The summed E-state index contributed by atoms with van der Waals surface area (Å²) in [6, 6.07) is 11.0. The van der Waals surface area contributed by atoms with Gasteiger partial charge in [-0.1, -0.05) is 50.6 Å². The topological polar surface area (TPSA) is 21.3 Å². The lowest BCUT2D eigenvalue weighted by Crippen LogP contribution is -2.25. The highest BCUT2D eigenvalue weighted by atomic mass is 16.5. The van der Waals surface area contributed by atoms with E-state index in [2.05, 4.69) is 49.5 Å². The molecule has 2 rings (SSSR count). The summed E-state index contributed by atoms with van der Waals surface area (Å²) >= 11 is 0. The van der Waals surface area contributed by atoms with Crippen LogP contribution in [0.5, 0.6) is 0 Å². The molecule has 0 saturated carbocycles. The van der Waals surface area contributed by atoms with Crippen LogP contribution in [0.25, 0.3) is 0 Å². The number of nitrogens with one attached hydrogen (secondary N) is 1. The zero-order valence-electron chi connectivity index (χ0n) is 13.7. The van der Waals surface area contributed by atoms with Gasteiger partial charge in [0.25, 0.3) is 0 Å². The van der Waals surface area contributed by atoms with E-state index in [0.717, 1.165) is 19.7 Å². The fraction of sp³-hybridized carbons (Fsp3) is 0.684. The average molecular weight is 289 g/mol. The van der Waals surface area contributed by atoms with E-state index in [9.17, 15) is 0 Å². The van der Waals surface area contributed by atoms with E-state index in [4.69, 9.17) is 4.74 Å². The van der Waals surface area contributed by atoms with Crippen LogP contribution in [0, 0.1) is 5.92 Å². The van der Waals surface area contributed by atoms with Gasteiger partial charge in [0, 0.05) is 13.2 Å². The minimum atomic E-state index is 0.532. The second kappa shape index (κ2) is 9.22. The van der Waals surface area contributed by atoms with E-state index in [1.165, 1.54) is 37.7 Å². The Balaban J connectivity index is 1.79. The molecule has 1 aliphatic rings. The van der Waals surface area contributed by atoms with E-state index in [1.807, 2.05) is 0 Å². The predicted molar refractivity (Wildman–Crippen MR) is 89.7 cm³/mol. The predicted octanol–water partition coefficient (Wildman–Crippen LogP) is 4.37. The highest BCUT2D eigenvalue weighted by molar-refractivity contribution is 5.19. The van der Waals surface area contributed by atoms with Crippen molar-refractivity contribution >= 4 is 0 Å². The number of benzene rings is 1. The highest BCUT2D eigenvalue weighted by Crippen LogP contribution is 2.24. The summed E-state index contributed by atoms with van der Waals surface area (Å²) in [5.41, 5.74) is 1.47. The molecule has 1 aliphatic heterocycles. The van der Waals surface area contributed by atoms with Gasteiger partial charge in [0.1, 0.15) is 0 Å².